The van der Waals surface area contributed by atoms with Gasteiger partial charge in [0.05, 0.1) is 24.1 Å². The minimum Gasteiger partial charge on any atom is -0.361 e. The predicted molar refractivity (Wildman–Crippen MR) is 73.2 cm³/mol. The van der Waals surface area contributed by atoms with Crippen molar-refractivity contribution in [3.63, 3.8) is 0 Å². The summed E-state index contributed by atoms with van der Waals surface area (Å²) in [4.78, 5) is 22.2. The molecule has 0 radical (unpaired) electrons. The minimum absolute atomic E-state index is 0.257. The highest BCUT2D eigenvalue weighted by molar-refractivity contribution is 5.92. The number of H-pyrrole nitrogens is 1. The molecule has 0 aliphatic carbocycles. The van der Waals surface area contributed by atoms with E-state index in [0.717, 1.165) is 0 Å². The SMILES string of the molecule is CN(C)c1cnc(C(=O)NC(C)(C)c2cn[nH]n2)cn1. The summed E-state index contributed by atoms with van der Waals surface area (Å²) < 4.78 is 0. The molecule has 2 N–H and O–H groups in total. The average molecular weight is 275 g/mol. The van der Waals surface area contributed by atoms with Crippen LogP contribution in [-0.2, 0) is 5.54 Å². The van der Waals surface area contributed by atoms with Gasteiger partial charge in [-0.2, -0.15) is 15.4 Å². The number of nitrogens with zero attached hydrogens (tertiary/aromatic N) is 5. The smallest absolute Gasteiger partial charge is 0.272 e. The molecular weight excluding hydrogens is 258 g/mol. The maximum absolute atomic E-state index is 12.2. The van der Waals surface area contributed by atoms with Crippen LogP contribution in [0.5, 0.6) is 0 Å². The number of anilines is 1. The van der Waals surface area contributed by atoms with Crippen LogP contribution in [0.25, 0.3) is 0 Å². The number of rotatable bonds is 4. The number of nitrogens with one attached hydrogen (secondary N) is 2. The first-order valence-corrected chi connectivity index (χ1v) is 6.08. The van der Waals surface area contributed by atoms with Gasteiger partial charge in [-0.1, -0.05) is 0 Å². The summed E-state index contributed by atoms with van der Waals surface area (Å²) in [5.41, 5.74) is 0.252. The van der Waals surface area contributed by atoms with Crippen LogP contribution >= 0.6 is 0 Å². The average Bonchev–Trinajstić information content (AvgIpc) is 2.93. The number of carbonyl (C=O) groups excluding carboxylic acids is 1. The summed E-state index contributed by atoms with van der Waals surface area (Å²) in [7, 11) is 3.72. The maximum atomic E-state index is 12.2. The fraction of sp³-hybridized carbons (Fsp3) is 0.417. The molecule has 0 saturated heterocycles. The van der Waals surface area contributed by atoms with E-state index >= 15 is 0 Å². The van der Waals surface area contributed by atoms with Gasteiger partial charge in [-0.25, -0.2) is 9.97 Å². The van der Waals surface area contributed by atoms with Gasteiger partial charge in [0.1, 0.15) is 17.2 Å². The summed E-state index contributed by atoms with van der Waals surface area (Å²) in [5.74, 6) is 0.383. The fourth-order valence-corrected chi connectivity index (χ4v) is 1.58. The topological polar surface area (TPSA) is 99.7 Å². The van der Waals surface area contributed by atoms with Crippen LogP contribution in [0.4, 0.5) is 5.82 Å². The molecule has 0 aromatic carbocycles. The molecule has 8 heteroatoms. The number of amides is 1. The van der Waals surface area contributed by atoms with E-state index in [9.17, 15) is 4.79 Å². The Morgan fingerprint density at radius 1 is 1.25 bits per heavy atom. The van der Waals surface area contributed by atoms with Gasteiger partial charge >= 0.3 is 0 Å². The van der Waals surface area contributed by atoms with Crippen molar-refractivity contribution in [3.8, 4) is 0 Å². The van der Waals surface area contributed by atoms with Crippen molar-refractivity contribution in [2.45, 2.75) is 19.4 Å². The lowest BCUT2D eigenvalue weighted by atomic mass is 10.0. The first-order valence-electron chi connectivity index (χ1n) is 6.08. The highest BCUT2D eigenvalue weighted by atomic mass is 16.2. The van der Waals surface area contributed by atoms with E-state index in [-0.39, 0.29) is 11.6 Å². The standard InChI is InChI=1S/C12H17N7O/c1-12(2,9-6-15-18-17-9)16-11(20)8-5-14-10(7-13-8)19(3)4/h5-7H,1-4H3,(H,16,20)(H,15,17,18). The molecule has 106 valence electrons. The van der Waals surface area contributed by atoms with Crippen LogP contribution in [0, 0.1) is 0 Å². The molecule has 0 spiro atoms. The van der Waals surface area contributed by atoms with Gasteiger partial charge in [0.25, 0.3) is 5.91 Å². The second-order valence-electron chi connectivity index (χ2n) is 5.09. The molecule has 2 aromatic rings. The van der Waals surface area contributed by atoms with E-state index < -0.39 is 5.54 Å². The van der Waals surface area contributed by atoms with Gasteiger partial charge in [-0.3, -0.25) is 4.79 Å². The Balaban J connectivity index is 2.12. The quantitative estimate of drug-likeness (QED) is 0.834. The molecule has 0 saturated carbocycles. The zero-order chi connectivity index (χ0) is 14.8. The van der Waals surface area contributed by atoms with E-state index in [4.69, 9.17) is 0 Å². The number of hydrogen-bond donors (Lipinski definition) is 2. The third-order valence-electron chi connectivity index (χ3n) is 2.81. The fourth-order valence-electron chi connectivity index (χ4n) is 1.58. The molecule has 0 aliphatic heterocycles. The third kappa shape index (κ3) is 2.90. The van der Waals surface area contributed by atoms with E-state index in [1.54, 1.807) is 12.4 Å². The van der Waals surface area contributed by atoms with Crippen molar-refractivity contribution in [3.05, 3.63) is 30.0 Å². The van der Waals surface area contributed by atoms with Gasteiger partial charge in [-0.15, -0.1) is 0 Å². The summed E-state index contributed by atoms with van der Waals surface area (Å²) in [5, 5.41) is 13.1. The van der Waals surface area contributed by atoms with Crippen molar-refractivity contribution in [2.75, 3.05) is 19.0 Å². The minimum atomic E-state index is -0.647. The number of hydrogen-bond acceptors (Lipinski definition) is 6. The Hall–Kier alpha value is -2.51. The van der Waals surface area contributed by atoms with Crippen LogP contribution in [0.15, 0.2) is 18.6 Å². The first kappa shape index (κ1) is 13.9. The highest BCUT2D eigenvalue weighted by Crippen LogP contribution is 2.16. The van der Waals surface area contributed by atoms with Crippen LogP contribution in [0.1, 0.15) is 30.0 Å². The number of carbonyl (C=O) groups is 1. The van der Waals surface area contributed by atoms with Gasteiger partial charge in [-0.05, 0) is 13.8 Å². The lowest BCUT2D eigenvalue weighted by molar-refractivity contribution is 0.0905. The summed E-state index contributed by atoms with van der Waals surface area (Å²) in [6, 6.07) is 0. The Kier molecular flexibility index (Phi) is 3.64. The van der Waals surface area contributed by atoms with Crippen molar-refractivity contribution >= 4 is 11.7 Å². The third-order valence-corrected chi connectivity index (χ3v) is 2.81. The van der Waals surface area contributed by atoms with Gasteiger partial charge in [0.2, 0.25) is 0 Å². The molecule has 0 fully saturated rings. The normalized spacial score (nSPS) is 11.2. The largest absolute Gasteiger partial charge is 0.361 e. The van der Waals surface area contributed by atoms with Crippen LogP contribution in [0.3, 0.4) is 0 Å². The molecule has 0 atom stereocenters. The molecule has 0 unspecified atom stereocenters. The number of aromatic amines is 1. The monoisotopic (exact) mass is 275 g/mol. The van der Waals surface area contributed by atoms with E-state index in [0.29, 0.717) is 11.5 Å². The van der Waals surface area contributed by atoms with Gasteiger partial charge < -0.3 is 10.2 Å². The van der Waals surface area contributed by atoms with Crippen LogP contribution in [0.2, 0.25) is 0 Å². The van der Waals surface area contributed by atoms with E-state index in [2.05, 4.69) is 30.7 Å². The van der Waals surface area contributed by atoms with Gasteiger partial charge in [0, 0.05) is 14.1 Å². The molecule has 2 heterocycles. The Morgan fingerprint density at radius 3 is 2.50 bits per heavy atom. The Bertz CT molecular complexity index is 574. The maximum Gasteiger partial charge on any atom is 0.272 e. The summed E-state index contributed by atoms with van der Waals surface area (Å²) in [6.45, 7) is 3.68. The van der Waals surface area contributed by atoms with Crippen LogP contribution in [-0.4, -0.2) is 45.4 Å². The summed E-state index contributed by atoms with van der Waals surface area (Å²) in [6.07, 6.45) is 4.57. The first-order chi connectivity index (χ1) is 9.40. The van der Waals surface area contributed by atoms with Crippen molar-refractivity contribution in [1.29, 1.82) is 0 Å². The zero-order valence-corrected chi connectivity index (χ0v) is 11.9. The highest BCUT2D eigenvalue weighted by Gasteiger charge is 2.26. The molecule has 1 amide bonds. The summed E-state index contributed by atoms with van der Waals surface area (Å²) >= 11 is 0. The van der Waals surface area contributed by atoms with Crippen molar-refractivity contribution in [1.82, 2.24) is 30.7 Å². The van der Waals surface area contributed by atoms with Crippen molar-refractivity contribution in [2.24, 2.45) is 0 Å². The Labute approximate surface area is 116 Å². The molecule has 20 heavy (non-hydrogen) atoms. The van der Waals surface area contributed by atoms with Crippen molar-refractivity contribution < 1.29 is 4.79 Å². The number of aromatic nitrogens is 5. The lowest BCUT2D eigenvalue weighted by Crippen LogP contribution is -2.41. The Morgan fingerprint density at radius 2 is 2.00 bits per heavy atom. The molecule has 0 aliphatic rings. The molecule has 8 nitrogen and oxygen atoms in total. The zero-order valence-electron chi connectivity index (χ0n) is 11.9. The van der Waals surface area contributed by atoms with E-state index in [1.807, 2.05) is 32.8 Å². The van der Waals surface area contributed by atoms with E-state index in [1.165, 1.54) is 6.20 Å². The molecular formula is C12H17N7O. The molecule has 0 bridgehead atoms. The van der Waals surface area contributed by atoms with Gasteiger partial charge in [0.15, 0.2) is 0 Å². The predicted octanol–water partition coefficient (Wildman–Crippen LogP) is 0.326. The molecule has 2 aromatic heterocycles. The second kappa shape index (κ2) is 5.24. The molecule has 2 rings (SSSR count). The lowest BCUT2D eigenvalue weighted by Gasteiger charge is -2.23. The second-order valence-corrected chi connectivity index (χ2v) is 5.09. The van der Waals surface area contributed by atoms with Crippen LogP contribution < -0.4 is 10.2 Å².